The third kappa shape index (κ3) is 4.62. The Hall–Kier alpha value is -3.77. The summed E-state index contributed by atoms with van der Waals surface area (Å²) in [5.74, 6) is 0.590. The van der Waals surface area contributed by atoms with Crippen molar-refractivity contribution in [2.75, 3.05) is 63.6 Å². The number of benzene rings is 2. The second-order valence-corrected chi connectivity index (χ2v) is 13.9. The van der Waals surface area contributed by atoms with Crippen LogP contribution in [-0.2, 0) is 21.9 Å². The van der Waals surface area contributed by atoms with E-state index in [0.29, 0.717) is 30.8 Å². The molecule has 2 saturated heterocycles. The van der Waals surface area contributed by atoms with E-state index in [2.05, 4.69) is 44.8 Å². The van der Waals surface area contributed by atoms with Gasteiger partial charge in [-0.15, -0.1) is 0 Å². The van der Waals surface area contributed by atoms with E-state index in [1.54, 1.807) is 4.90 Å². The number of carbonyl (C=O) groups is 1. The van der Waals surface area contributed by atoms with Gasteiger partial charge in [0.25, 0.3) is 15.9 Å². The average molecular weight is 610 g/mol. The van der Waals surface area contributed by atoms with E-state index in [1.807, 2.05) is 7.05 Å². The molecule has 1 atom stereocenters. The topological polar surface area (TPSA) is 117 Å². The summed E-state index contributed by atoms with van der Waals surface area (Å²) >= 11 is 0. The molecule has 230 valence electrons. The minimum atomic E-state index is -4.26. The highest BCUT2D eigenvalue weighted by Gasteiger charge is 2.51. The van der Waals surface area contributed by atoms with Crippen molar-refractivity contribution in [3.8, 4) is 22.8 Å². The number of sulfonamides is 1. The largest absolute Gasteiger partial charge is 0.495 e. The van der Waals surface area contributed by atoms with Crippen molar-refractivity contribution >= 4 is 27.4 Å². The summed E-state index contributed by atoms with van der Waals surface area (Å²) in [6.07, 6.45) is 3.88. The van der Waals surface area contributed by atoms with E-state index in [9.17, 15) is 13.2 Å². The van der Waals surface area contributed by atoms with E-state index in [1.165, 1.54) is 38.3 Å². The second-order valence-electron chi connectivity index (χ2n) is 12.3. The molecule has 0 unspecified atom stereocenters. The number of amides is 1. The van der Waals surface area contributed by atoms with Crippen LogP contribution >= 0.6 is 0 Å². The van der Waals surface area contributed by atoms with Crippen molar-refractivity contribution in [2.45, 2.75) is 49.0 Å². The molecule has 4 aliphatic rings. The fraction of sp³-hybridized carbons (Fsp3) is 0.484. The van der Waals surface area contributed by atoms with Gasteiger partial charge in [-0.1, -0.05) is 11.2 Å². The summed E-state index contributed by atoms with van der Waals surface area (Å²) in [6, 6.07) is 9.68. The van der Waals surface area contributed by atoms with Crippen molar-refractivity contribution in [1.82, 2.24) is 15.0 Å². The van der Waals surface area contributed by atoms with Gasteiger partial charge in [0.05, 0.1) is 14.2 Å². The Morgan fingerprint density at radius 3 is 2.42 bits per heavy atom. The van der Waals surface area contributed by atoms with Gasteiger partial charge in [0.1, 0.15) is 11.5 Å². The fourth-order valence-corrected chi connectivity index (χ4v) is 7.94. The third-order valence-electron chi connectivity index (χ3n) is 9.65. The first-order chi connectivity index (χ1) is 20.6. The molecule has 1 N–H and O–H groups in total. The van der Waals surface area contributed by atoms with Crippen LogP contribution in [0, 0.1) is 0 Å². The standard InChI is InChI=1S/C31H37N5O6S.H2/c1-19-18-36(13-12-34(19)2)30(37)20-14-25(40-3)28(26(15-20)41-4)43(38,39)33-29-23-17-31(8-9-31)24-7-6-21(35-10-5-11-35)16-22(24)27(23)42-32-29;/h6-7,14-16,19H,5,8-13,17-18H2,1-4H3,(H,32,33);1H/t19-;/m0./s1. The minimum Gasteiger partial charge on any atom is -0.495 e. The molecule has 3 aromatic rings. The predicted molar refractivity (Wildman–Crippen MR) is 164 cm³/mol. The molecule has 12 heteroatoms. The Bertz CT molecular complexity index is 1690. The van der Waals surface area contributed by atoms with Crippen molar-refractivity contribution in [3.63, 3.8) is 0 Å². The van der Waals surface area contributed by atoms with Crippen molar-refractivity contribution < 1.29 is 28.6 Å². The molecule has 2 aliphatic carbocycles. The molecule has 2 aliphatic heterocycles. The van der Waals surface area contributed by atoms with E-state index < -0.39 is 10.0 Å². The molecule has 1 spiro atoms. The average Bonchev–Trinajstić information content (AvgIpc) is 3.64. The maximum Gasteiger partial charge on any atom is 0.270 e. The molecule has 1 saturated carbocycles. The summed E-state index contributed by atoms with van der Waals surface area (Å²) in [5, 5.41) is 4.22. The lowest BCUT2D eigenvalue weighted by molar-refractivity contribution is 0.0571. The van der Waals surface area contributed by atoms with E-state index in [4.69, 9.17) is 14.0 Å². The van der Waals surface area contributed by atoms with Gasteiger partial charge in [-0.05, 0) is 69.5 Å². The quantitative estimate of drug-likeness (QED) is 0.425. The number of aromatic nitrogens is 1. The first kappa shape index (κ1) is 28.0. The van der Waals surface area contributed by atoms with Gasteiger partial charge in [0.2, 0.25) is 0 Å². The first-order valence-electron chi connectivity index (χ1n) is 14.8. The predicted octanol–water partition coefficient (Wildman–Crippen LogP) is 3.98. The number of nitrogens with one attached hydrogen (secondary N) is 1. The maximum atomic E-state index is 14.0. The van der Waals surface area contributed by atoms with Crippen LogP contribution in [0.5, 0.6) is 11.5 Å². The number of fused-ring (bicyclic) bond motifs is 4. The number of anilines is 2. The lowest BCUT2D eigenvalue weighted by Crippen LogP contribution is -2.52. The van der Waals surface area contributed by atoms with Crippen LogP contribution < -0.4 is 19.1 Å². The van der Waals surface area contributed by atoms with Gasteiger partial charge in [-0.2, -0.15) is 0 Å². The van der Waals surface area contributed by atoms with Crippen LogP contribution in [0.2, 0.25) is 0 Å². The second kappa shape index (κ2) is 10.2. The Labute approximate surface area is 253 Å². The van der Waals surface area contributed by atoms with Crippen molar-refractivity contribution in [3.05, 3.63) is 47.0 Å². The van der Waals surface area contributed by atoms with Gasteiger partial charge in [0, 0.05) is 68.0 Å². The monoisotopic (exact) mass is 609 g/mol. The third-order valence-corrected chi connectivity index (χ3v) is 11.1. The zero-order valence-electron chi connectivity index (χ0n) is 25.0. The summed E-state index contributed by atoms with van der Waals surface area (Å²) in [6.45, 7) is 6.03. The van der Waals surface area contributed by atoms with E-state index >= 15 is 0 Å². The number of likely N-dealkylation sites (N-methyl/N-ethyl adjacent to an activating group) is 1. The highest BCUT2D eigenvalue weighted by molar-refractivity contribution is 7.93. The Morgan fingerprint density at radius 1 is 1.09 bits per heavy atom. The fourth-order valence-electron chi connectivity index (χ4n) is 6.61. The van der Waals surface area contributed by atoms with Gasteiger partial charge in [-0.3, -0.25) is 9.52 Å². The van der Waals surface area contributed by atoms with Gasteiger partial charge in [0.15, 0.2) is 16.5 Å². The van der Waals surface area contributed by atoms with Crippen LogP contribution in [0.1, 0.15) is 49.1 Å². The first-order valence-corrected chi connectivity index (χ1v) is 16.3. The SMILES string of the molecule is COc1cc(C(=O)N2CCN(C)[C@@H](C)C2)cc(OC)c1S(=O)(=O)Nc1noc2c1CC1(CC1)c1ccc(N3CCC3)cc1-2.[HH]. The number of nitrogens with zero attached hydrogens (tertiary/aromatic N) is 4. The van der Waals surface area contributed by atoms with Crippen LogP contribution in [0.3, 0.4) is 0 Å². The van der Waals surface area contributed by atoms with Crippen LogP contribution in [0.4, 0.5) is 11.5 Å². The zero-order valence-corrected chi connectivity index (χ0v) is 25.8. The van der Waals surface area contributed by atoms with Crippen molar-refractivity contribution in [2.24, 2.45) is 0 Å². The Morgan fingerprint density at radius 2 is 1.81 bits per heavy atom. The molecule has 1 aromatic heterocycles. The van der Waals surface area contributed by atoms with Gasteiger partial charge in [-0.25, -0.2) is 8.42 Å². The number of hydrogen-bond donors (Lipinski definition) is 1. The van der Waals surface area contributed by atoms with Gasteiger partial charge >= 0.3 is 0 Å². The summed E-state index contributed by atoms with van der Waals surface area (Å²) in [5.41, 5.74) is 4.39. The summed E-state index contributed by atoms with van der Waals surface area (Å²) in [4.78, 5) is 19.5. The lowest BCUT2D eigenvalue weighted by atomic mass is 9.79. The molecule has 3 heterocycles. The van der Waals surface area contributed by atoms with Crippen LogP contribution in [-0.4, -0.2) is 89.3 Å². The number of carbonyl (C=O) groups excluding carboxylic acids is 1. The smallest absolute Gasteiger partial charge is 0.270 e. The molecular weight excluding hydrogens is 570 g/mol. The summed E-state index contributed by atoms with van der Waals surface area (Å²) < 4.78 is 47.5. The normalized spacial score (nSPS) is 20.7. The van der Waals surface area contributed by atoms with Crippen molar-refractivity contribution in [1.29, 1.82) is 0 Å². The van der Waals surface area contributed by atoms with Crippen LogP contribution in [0.25, 0.3) is 11.3 Å². The number of hydrogen-bond acceptors (Lipinski definition) is 9. The maximum absolute atomic E-state index is 14.0. The number of methoxy groups -OCH3 is 2. The molecule has 0 bridgehead atoms. The van der Waals surface area contributed by atoms with Gasteiger partial charge < -0.3 is 28.7 Å². The molecule has 2 aromatic carbocycles. The highest BCUT2D eigenvalue weighted by atomic mass is 32.2. The Kier molecular flexibility index (Phi) is 6.62. The number of ether oxygens (including phenoxy) is 2. The lowest BCUT2D eigenvalue weighted by Gasteiger charge is -2.37. The summed E-state index contributed by atoms with van der Waals surface area (Å²) in [7, 11) is 0.527. The number of rotatable bonds is 7. The molecule has 1 amide bonds. The molecule has 3 fully saturated rings. The Balaban J connectivity index is 0.00000343. The molecule has 43 heavy (non-hydrogen) atoms. The molecule has 7 rings (SSSR count). The molecule has 11 nitrogen and oxygen atoms in total. The molecule has 0 radical (unpaired) electrons. The van der Waals surface area contributed by atoms with E-state index in [0.717, 1.165) is 49.3 Å². The highest BCUT2D eigenvalue weighted by Crippen LogP contribution is 2.59. The number of piperazine rings is 1. The zero-order chi connectivity index (χ0) is 30.1. The molecular formula is C31H39N5O6S. The van der Waals surface area contributed by atoms with Crippen LogP contribution in [0.15, 0.2) is 39.8 Å². The van der Waals surface area contributed by atoms with E-state index in [-0.39, 0.29) is 41.0 Å². The minimum absolute atomic E-state index is 0.